The molecule has 0 saturated carbocycles. The van der Waals surface area contributed by atoms with Crippen LogP contribution in [0.1, 0.15) is 42.9 Å². The van der Waals surface area contributed by atoms with E-state index in [-0.39, 0.29) is 11.9 Å². The van der Waals surface area contributed by atoms with Crippen molar-refractivity contribution in [2.24, 2.45) is 0 Å². The predicted octanol–water partition coefficient (Wildman–Crippen LogP) is 1.89. The van der Waals surface area contributed by atoms with Gasteiger partial charge < -0.3 is 10.6 Å². The molecule has 1 unspecified atom stereocenters. The molecule has 0 saturated heterocycles. The van der Waals surface area contributed by atoms with Crippen LogP contribution >= 0.6 is 11.3 Å². The molecule has 0 fully saturated rings. The zero-order chi connectivity index (χ0) is 12.0. The lowest BCUT2D eigenvalue weighted by atomic mass is 10.1. The summed E-state index contributed by atoms with van der Waals surface area (Å²) in [6.45, 7) is 4.18. The number of anilines is 1. The Bertz CT molecular complexity index is 339. The Morgan fingerprint density at radius 2 is 2.19 bits per heavy atom. The van der Waals surface area contributed by atoms with Crippen molar-refractivity contribution >= 4 is 22.4 Å². The van der Waals surface area contributed by atoms with Gasteiger partial charge in [0.25, 0.3) is 5.91 Å². The van der Waals surface area contributed by atoms with Crippen molar-refractivity contribution in [2.45, 2.75) is 39.2 Å². The predicted molar refractivity (Wildman–Crippen MR) is 65.9 cm³/mol. The van der Waals surface area contributed by atoms with Crippen molar-refractivity contribution in [1.29, 1.82) is 0 Å². The number of nitrogens with zero attached hydrogens (tertiary/aromatic N) is 2. The maximum absolute atomic E-state index is 11.8. The van der Waals surface area contributed by atoms with Gasteiger partial charge in [0.05, 0.1) is 0 Å². The Morgan fingerprint density at radius 1 is 1.44 bits per heavy atom. The highest BCUT2D eigenvalue weighted by Crippen LogP contribution is 2.14. The minimum atomic E-state index is -0.126. The smallest absolute Gasteiger partial charge is 0.282 e. The van der Waals surface area contributed by atoms with Crippen LogP contribution in [0, 0.1) is 0 Å². The van der Waals surface area contributed by atoms with E-state index >= 15 is 0 Å². The van der Waals surface area contributed by atoms with Crippen LogP contribution in [-0.4, -0.2) is 29.2 Å². The summed E-state index contributed by atoms with van der Waals surface area (Å²) < 4.78 is 0. The first-order valence-corrected chi connectivity index (χ1v) is 6.35. The van der Waals surface area contributed by atoms with Gasteiger partial charge in [-0.1, -0.05) is 31.6 Å². The molecule has 0 aliphatic rings. The number of amides is 1. The van der Waals surface area contributed by atoms with Gasteiger partial charge in [-0.05, 0) is 12.8 Å². The molecule has 90 valence electrons. The molecule has 2 N–H and O–H groups in total. The maximum Gasteiger partial charge on any atom is 0.282 e. The SMILES string of the molecule is CCCC(CC)NC(=O)c1nnc(NC)s1. The number of aromatic nitrogens is 2. The van der Waals surface area contributed by atoms with Crippen LogP contribution in [0.2, 0.25) is 0 Å². The molecule has 5 nitrogen and oxygen atoms in total. The highest BCUT2D eigenvalue weighted by molar-refractivity contribution is 7.17. The average molecular weight is 242 g/mol. The van der Waals surface area contributed by atoms with Gasteiger partial charge in [0.15, 0.2) is 0 Å². The molecule has 0 spiro atoms. The van der Waals surface area contributed by atoms with Crippen LogP contribution in [0.3, 0.4) is 0 Å². The van der Waals surface area contributed by atoms with Gasteiger partial charge in [-0.3, -0.25) is 4.79 Å². The van der Waals surface area contributed by atoms with Gasteiger partial charge in [0, 0.05) is 13.1 Å². The normalized spacial score (nSPS) is 12.2. The van der Waals surface area contributed by atoms with Gasteiger partial charge in [0.1, 0.15) is 0 Å². The molecule has 1 atom stereocenters. The zero-order valence-corrected chi connectivity index (χ0v) is 10.7. The fourth-order valence-corrected chi connectivity index (χ4v) is 1.99. The van der Waals surface area contributed by atoms with Crippen molar-refractivity contribution in [3.63, 3.8) is 0 Å². The summed E-state index contributed by atoms with van der Waals surface area (Å²) in [6.07, 6.45) is 3.01. The van der Waals surface area contributed by atoms with Crippen LogP contribution in [0.5, 0.6) is 0 Å². The largest absolute Gasteiger partial charge is 0.363 e. The summed E-state index contributed by atoms with van der Waals surface area (Å²) in [4.78, 5) is 11.8. The molecule has 6 heteroatoms. The standard InChI is InChI=1S/C10H18N4OS/c1-4-6-7(5-2)12-8(15)9-13-14-10(11-3)16-9/h7H,4-6H2,1-3H3,(H,11,14)(H,12,15). The fourth-order valence-electron chi connectivity index (χ4n) is 1.39. The Morgan fingerprint density at radius 3 is 2.69 bits per heavy atom. The maximum atomic E-state index is 11.8. The first kappa shape index (κ1) is 12.9. The molecule has 16 heavy (non-hydrogen) atoms. The lowest BCUT2D eigenvalue weighted by Gasteiger charge is -2.14. The molecular weight excluding hydrogens is 224 g/mol. The van der Waals surface area contributed by atoms with Crippen LogP contribution < -0.4 is 10.6 Å². The van der Waals surface area contributed by atoms with E-state index in [1.807, 2.05) is 0 Å². The van der Waals surface area contributed by atoms with Crippen LogP contribution in [0.4, 0.5) is 5.13 Å². The van der Waals surface area contributed by atoms with Crippen LogP contribution in [-0.2, 0) is 0 Å². The summed E-state index contributed by atoms with van der Waals surface area (Å²) in [7, 11) is 1.76. The van der Waals surface area contributed by atoms with Crippen LogP contribution in [0.15, 0.2) is 0 Å². The monoisotopic (exact) mass is 242 g/mol. The third kappa shape index (κ3) is 3.44. The summed E-state index contributed by atoms with van der Waals surface area (Å²) in [5.41, 5.74) is 0. The van der Waals surface area contributed by atoms with Crippen molar-refractivity contribution in [2.75, 3.05) is 12.4 Å². The Hall–Kier alpha value is -1.17. The van der Waals surface area contributed by atoms with Gasteiger partial charge in [-0.15, -0.1) is 10.2 Å². The van der Waals surface area contributed by atoms with Crippen molar-refractivity contribution < 1.29 is 4.79 Å². The highest BCUT2D eigenvalue weighted by Gasteiger charge is 2.15. The van der Waals surface area contributed by atoms with E-state index in [2.05, 4.69) is 34.7 Å². The molecule has 0 radical (unpaired) electrons. The number of rotatable bonds is 6. The van der Waals surface area contributed by atoms with Gasteiger partial charge >= 0.3 is 0 Å². The highest BCUT2D eigenvalue weighted by atomic mass is 32.1. The average Bonchev–Trinajstić information content (AvgIpc) is 2.76. The van der Waals surface area contributed by atoms with Gasteiger partial charge in [0.2, 0.25) is 10.1 Å². The number of nitrogens with one attached hydrogen (secondary N) is 2. The molecule has 1 heterocycles. The van der Waals surface area contributed by atoms with E-state index in [0.29, 0.717) is 10.1 Å². The van der Waals surface area contributed by atoms with E-state index in [1.54, 1.807) is 7.05 Å². The molecule has 1 rings (SSSR count). The number of carbonyl (C=O) groups excluding carboxylic acids is 1. The van der Waals surface area contributed by atoms with E-state index in [0.717, 1.165) is 19.3 Å². The third-order valence-corrected chi connectivity index (χ3v) is 3.24. The molecule has 1 amide bonds. The fraction of sp³-hybridized carbons (Fsp3) is 0.700. The minimum Gasteiger partial charge on any atom is -0.363 e. The number of hydrogen-bond acceptors (Lipinski definition) is 5. The lowest BCUT2D eigenvalue weighted by Crippen LogP contribution is -2.34. The Balaban J connectivity index is 2.56. The Labute approximate surface area is 99.7 Å². The molecule has 0 aromatic carbocycles. The first-order chi connectivity index (χ1) is 7.71. The molecule has 0 aliphatic heterocycles. The van der Waals surface area contributed by atoms with Crippen LogP contribution in [0.25, 0.3) is 0 Å². The lowest BCUT2D eigenvalue weighted by molar-refractivity contribution is 0.0932. The molecule has 1 aromatic heterocycles. The van der Waals surface area contributed by atoms with E-state index in [9.17, 15) is 4.79 Å². The molecule has 0 bridgehead atoms. The molecule has 0 aliphatic carbocycles. The first-order valence-electron chi connectivity index (χ1n) is 5.53. The van der Waals surface area contributed by atoms with Crippen molar-refractivity contribution in [1.82, 2.24) is 15.5 Å². The van der Waals surface area contributed by atoms with Gasteiger partial charge in [-0.2, -0.15) is 0 Å². The van der Waals surface area contributed by atoms with Gasteiger partial charge in [-0.25, -0.2) is 0 Å². The quantitative estimate of drug-likeness (QED) is 0.799. The van der Waals surface area contributed by atoms with E-state index < -0.39 is 0 Å². The summed E-state index contributed by atoms with van der Waals surface area (Å²) in [6, 6.07) is 0.236. The van der Waals surface area contributed by atoms with Crippen molar-refractivity contribution in [3.05, 3.63) is 5.01 Å². The third-order valence-electron chi connectivity index (χ3n) is 2.30. The second-order valence-corrected chi connectivity index (χ2v) is 4.51. The molecular formula is C10H18N4OS. The summed E-state index contributed by atoms with van der Waals surface area (Å²) >= 11 is 1.27. The summed E-state index contributed by atoms with van der Waals surface area (Å²) in [5, 5.41) is 14.6. The second-order valence-electron chi connectivity index (χ2n) is 3.53. The van der Waals surface area contributed by atoms with Crippen molar-refractivity contribution in [3.8, 4) is 0 Å². The second kappa shape index (κ2) is 6.42. The topological polar surface area (TPSA) is 66.9 Å². The minimum absolute atomic E-state index is 0.126. The Kier molecular flexibility index (Phi) is 5.18. The number of carbonyl (C=O) groups is 1. The zero-order valence-electron chi connectivity index (χ0n) is 9.91. The van der Waals surface area contributed by atoms with E-state index in [1.165, 1.54) is 11.3 Å². The molecule has 1 aromatic rings. The summed E-state index contributed by atoms with van der Waals surface area (Å²) in [5.74, 6) is -0.126. The van der Waals surface area contributed by atoms with E-state index in [4.69, 9.17) is 0 Å². The number of hydrogen-bond donors (Lipinski definition) is 2.